The van der Waals surface area contributed by atoms with Crippen LogP contribution in [0.3, 0.4) is 0 Å². The minimum atomic E-state index is 0.233. The van der Waals surface area contributed by atoms with Crippen LogP contribution in [0.5, 0.6) is 0 Å². The quantitative estimate of drug-likeness (QED) is 0.757. The van der Waals surface area contributed by atoms with Crippen molar-refractivity contribution in [2.45, 2.75) is 6.04 Å². The Bertz CT molecular complexity index is 723. The van der Waals surface area contributed by atoms with E-state index < -0.39 is 0 Å². The number of tetrazole rings is 1. The van der Waals surface area contributed by atoms with E-state index in [2.05, 4.69) is 64.1 Å². The topological polar surface area (TPSA) is 58.9 Å². The summed E-state index contributed by atoms with van der Waals surface area (Å²) in [4.78, 5) is 2.18. The summed E-state index contributed by atoms with van der Waals surface area (Å²) in [6.07, 6.45) is 0. The van der Waals surface area contributed by atoms with Crippen LogP contribution in [-0.2, 0) is 0 Å². The molecule has 6 nitrogen and oxygen atoms in total. The van der Waals surface area contributed by atoms with E-state index in [0.717, 1.165) is 5.69 Å². The van der Waals surface area contributed by atoms with Crippen LogP contribution in [0, 0.1) is 0 Å². The van der Waals surface area contributed by atoms with Gasteiger partial charge in [-0.1, -0.05) is 53.6 Å². The molecular weight excluding hydrogens is 288 g/mol. The highest BCUT2D eigenvalue weighted by molar-refractivity contribution is 5.38. The molecule has 0 aliphatic carbocycles. The Morgan fingerprint density at radius 2 is 1.65 bits per heavy atom. The summed E-state index contributed by atoms with van der Waals surface area (Å²) in [5.41, 5.74) is 2.19. The average Bonchev–Trinajstić information content (AvgIpc) is 3.05. The molecule has 3 rings (SSSR count). The Hall–Kier alpha value is -2.73. The fourth-order valence-corrected chi connectivity index (χ4v) is 2.50. The van der Waals surface area contributed by atoms with E-state index in [9.17, 15) is 0 Å². The van der Waals surface area contributed by atoms with Crippen molar-refractivity contribution in [3.8, 4) is 5.69 Å². The Morgan fingerprint density at radius 1 is 1.00 bits per heavy atom. The largest absolute Gasteiger partial charge is 0.351 e. The first-order valence-corrected chi connectivity index (χ1v) is 7.55. The molecule has 118 valence electrons. The van der Waals surface area contributed by atoms with E-state index >= 15 is 0 Å². The maximum atomic E-state index is 4.09. The number of aromatic nitrogens is 4. The van der Waals surface area contributed by atoms with Gasteiger partial charge in [0.1, 0.15) is 0 Å². The number of anilines is 1. The van der Waals surface area contributed by atoms with E-state index in [1.165, 1.54) is 5.56 Å². The van der Waals surface area contributed by atoms with E-state index in [1.807, 2.05) is 36.4 Å². The van der Waals surface area contributed by atoms with Crippen molar-refractivity contribution in [3.63, 3.8) is 0 Å². The molecule has 1 aromatic heterocycles. The summed E-state index contributed by atoms with van der Waals surface area (Å²) in [6, 6.07) is 20.5. The molecule has 0 aliphatic rings. The third-order valence-electron chi connectivity index (χ3n) is 3.73. The minimum absolute atomic E-state index is 0.233. The summed E-state index contributed by atoms with van der Waals surface area (Å²) in [6.45, 7) is 0.713. The molecule has 0 amide bonds. The molecule has 1 heterocycles. The lowest BCUT2D eigenvalue weighted by molar-refractivity contribution is 0.311. The molecule has 0 fully saturated rings. The first kappa shape index (κ1) is 15.2. The summed E-state index contributed by atoms with van der Waals surface area (Å²) in [7, 11) is 4.14. The Morgan fingerprint density at radius 3 is 2.30 bits per heavy atom. The van der Waals surface area contributed by atoms with Crippen LogP contribution in [0.25, 0.3) is 5.69 Å². The molecule has 3 aromatic rings. The lowest BCUT2D eigenvalue weighted by Crippen LogP contribution is -2.27. The molecule has 0 saturated carbocycles. The molecule has 0 bridgehead atoms. The Kier molecular flexibility index (Phi) is 4.63. The van der Waals surface area contributed by atoms with Gasteiger partial charge >= 0.3 is 0 Å². The summed E-state index contributed by atoms with van der Waals surface area (Å²) >= 11 is 0. The second kappa shape index (κ2) is 7.02. The number of benzene rings is 2. The Balaban J connectivity index is 1.77. The fourth-order valence-electron chi connectivity index (χ4n) is 2.50. The normalized spacial score (nSPS) is 12.3. The third kappa shape index (κ3) is 3.54. The number of para-hydroxylation sites is 1. The van der Waals surface area contributed by atoms with Crippen molar-refractivity contribution >= 4 is 5.95 Å². The molecule has 23 heavy (non-hydrogen) atoms. The summed E-state index contributed by atoms with van der Waals surface area (Å²) in [5.74, 6) is 0.638. The van der Waals surface area contributed by atoms with Gasteiger partial charge in [-0.2, -0.15) is 4.68 Å². The van der Waals surface area contributed by atoms with Gasteiger partial charge in [-0.15, -0.1) is 0 Å². The monoisotopic (exact) mass is 308 g/mol. The summed E-state index contributed by atoms with van der Waals surface area (Å²) < 4.78 is 1.71. The van der Waals surface area contributed by atoms with Crippen molar-refractivity contribution in [1.29, 1.82) is 0 Å². The van der Waals surface area contributed by atoms with Gasteiger partial charge in [-0.3, -0.25) is 0 Å². The molecular formula is C17H20N6. The van der Waals surface area contributed by atoms with Crippen LogP contribution in [-0.4, -0.2) is 45.7 Å². The number of nitrogens with zero attached hydrogens (tertiary/aromatic N) is 5. The predicted octanol–water partition coefficient (Wildman–Crippen LogP) is 2.38. The van der Waals surface area contributed by atoms with E-state index in [1.54, 1.807) is 4.68 Å². The highest BCUT2D eigenvalue weighted by Gasteiger charge is 2.15. The van der Waals surface area contributed by atoms with Crippen LogP contribution in [0.15, 0.2) is 60.7 Å². The van der Waals surface area contributed by atoms with Gasteiger partial charge in [0.25, 0.3) is 0 Å². The van der Waals surface area contributed by atoms with Gasteiger partial charge < -0.3 is 10.2 Å². The standard InChI is InChI=1S/C17H20N6/c1-22(2)16(14-9-5-3-6-10-14)13-18-17-19-20-21-23(17)15-11-7-4-8-12-15/h3-12,16H,13H2,1-2H3,(H,18,19,21)/t16-/m0/s1. The molecule has 0 saturated heterocycles. The number of hydrogen-bond acceptors (Lipinski definition) is 5. The van der Waals surface area contributed by atoms with E-state index in [0.29, 0.717) is 12.5 Å². The van der Waals surface area contributed by atoms with Gasteiger partial charge in [-0.25, -0.2) is 0 Å². The van der Waals surface area contributed by atoms with Crippen molar-refractivity contribution in [2.24, 2.45) is 0 Å². The zero-order valence-corrected chi connectivity index (χ0v) is 13.3. The van der Waals surface area contributed by atoms with Gasteiger partial charge in [-0.05, 0) is 42.2 Å². The van der Waals surface area contributed by atoms with Crippen LogP contribution >= 0.6 is 0 Å². The molecule has 0 radical (unpaired) electrons. The maximum Gasteiger partial charge on any atom is 0.247 e. The molecule has 0 aliphatic heterocycles. The fraction of sp³-hybridized carbons (Fsp3) is 0.235. The number of hydrogen-bond donors (Lipinski definition) is 1. The second-order valence-electron chi connectivity index (χ2n) is 5.52. The van der Waals surface area contributed by atoms with Crippen LogP contribution < -0.4 is 5.32 Å². The second-order valence-corrected chi connectivity index (χ2v) is 5.52. The maximum absolute atomic E-state index is 4.09. The number of rotatable bonds is 6. The third-order valence-corrected chi connectivity index (χ3v) is 3.73. The van der Waals surface area contributed by atoms with Crippen LogP contribution in [0.4, 0.5) is 5.95 Å². The van der Waals surface area contributed by atoms with Crippen LogP contribution in [0.1, 0.15) is 11.6 Å². The lowest BCUT2D eigenvalue weighted by atomic mass is 10.1. The zero-order valence-electron chi connectivity index (χ0n) is 13.3. The molecule has 1 atom stereocenters. The molecule has 0 spiro atoms. The number of likely N-dealkylation sites (N-methyl/N-ethyl adjacent to an activating group) is 1. The van der Waals surface area contributed by atoms with Gasteiger partial charge in [0.15, 0.2) is 0 Å². The first-order valence-electron chi connectivity index (χ1n) is 7.55. The molecule has 0 unspecified atom stereocenters. The SMILES string of the molecule is CN(C)[C@@H](CNc1nnnn1-c1ccccc1)c1ccccc1. The summed E-state index contributed by atoms with van der Waals surface area (Å²) in [5, 5.41) is 15.3. The Labute approximate surface area is 135 Å². The van der Waals surface area contributed by atoms with Crippen LogP contribution in [0.2, 0.25) is 0 Å². The van der Waals surface area contributed by atoms with Crippen molar-refractivity contribution < 1.29 is 0 Å². The van der Waals surface area contributed by atoms with Crippen molar-refractivity contribution in [2.75, 3.05) is 26.0 Å². The van der Waals surface area contributed by atoms with E-state index in [-0.39, 0.29) is 6.04 Å². The average molecular weight is 308 g/mol. The van der Waals surface area contributed by atoms with Gasteiger partial charge in [0, 0.05) is 6.54 Å². The molecule has 1 N–H and O–H groups in total. The molecule has 2 aromatic carbocycles. The van der Waals surface area contributed by atoms with Crippen molar-refractivity contribution in [1.82, 2.24) is 25.1 Å². The van der Waals surface area contributed by atoms with Gasteiger partial charge in [0.05, 0.1) is 11.7 Å². The molecule has 6 heteroatoms. The highest BCUT2D eigenvalue weighted by atomic mass is 15.6. The minimum Gasteiger partial charge on any atom is -0.351 e. The zero-order chi connectivity index (χ0) is 16.1. The van der Waals surface area contributed by atoms with Crippen molar-refractivity contribution in [3.05, 3.63) is 66.2 Å². The predicted molar refractivity (Wildman–Crippen MR) is 90.5 cm³/mol. The highest BCUT2D eigenvalue weighted by Crippen LogP contribution is 2.19. The smallest absolute Gasteiger partial charge is 0.247 e. The van der Waals surface area contributed by atoms with E-state index in [4.69, 9.17) is 0 Å². The van der Waals surface area contributed by atoms with Gasteiger partial charge in [0.2, 0.25) is 5.95 Å². The lowest BCUT2D eigenvalue weighted by Gasteiger charge is -2.25. The first-order chi connectivity index (χ1) is 11.3. The number of nitrogens with one attached hydrogen (secondary N) is 1.